The number of phosphoric ester groups is 1. The van der Waals surface area contributed by atoms with E-state index in [4.69, 9.17) is 19.3 Å². The Bertz CT molecular complexity index is 905. The number of esters is 2. The maximum atomic E-state index is 12.3. The van der Waals surface area contributed by atoms with E-state index in [0.717, 1.165) is 57.8 Å². The summed E-state index contributed by atoms with van der Waals surface area (Å²) in [5, 5.41) is 0. The summed E-state index contributed by atoms with van der Waals surface area (Å²) in [5.41, 5.74) is 0. The zero-order chi connectivity index (χ0) is 34.7. The summed E-state index contributed by atoms with van der Waals surface area (Å²) in [6.07, 6.45) is 39.8. The quantitative estimate of drug-likeness (QED) is 0.0304. The van der Waals surface area contributed by atoms with Crippen LogP contribution in [-0.2, 0) is 28.2 Å². The predicted molar refractivity (Wildman–Crippen MR) is 193 cm³/mol. The minimum absolute atomic E-state index is 0.205. The number of hydrogen-bond acceptors (Lipinski definition) is 6. The van der Waals surface area contributed by atoms with Crippen LogP contribution in [0.15, 0.2) is 48.6 Å². The summed E-state index contributed by atoms with van der Waals surface area (Å²) in [6, 6.07) is 0. The summed E-state index contributed by atoms with van der Waals surface area (Å²) in [6.45, 7) is 3.59. The first-order valence-corrected chi connectivity index (χ1v) is 20.0. The molecule has 0 aromatic rings. The molecule has 0 aromatic carbocycles. The summed E-state index contributed by atoms with van der Waals surface area (Å²) >= 11 is 0. The van der Waals surface area contributed by atoms with E-state index in [1.165, 1.54) is 64.2 Å². The number of allylic oxidation sites excluding steroid dienone is 8. The smallest absolute Gasteiger partial charge is 0.462 e. The first-order chi connectivity index (χ1) is 22.8. The SMILES string of the molecule is CCCCC/C=C/C/C=C/C/C=C/C/C=C/CCCCCC(=O)OC[C@H](COP(=O)(O)O)OC(=O)CCCCCCCCCCCC. The van der Waals surface area contributed by atoms with Crippen molar-refractivity contribution in [3.8, 4) is 0 Å². The minimum Gasteiger partial charge on any atom is -0.462 e. The fraction of sp³-hybridized carbons (Fsp3) is 0.737. The molecule has 0 aliphatic heterocycles. The Hall–Kier alpha value is -1.99. The molecule has 1 atom stereocenters. The molecular weight excluding hydrogens is 615 g/mol. The predicted octanol–water partition coefficient (Wildman–Crippen LogP) is 10.8. The van der Waals surface area contributed by atoms with Gasteiger partial charge in [-0.2, -0.15) is 0 Å². The van der Waals surface area contributed by atoms with E-state index in [9.17, 15) is 14.2 Å². The lowest BCUT2D eigenvalue weighted by Crippen LogP contribution is -2.29. The Balaban J connectivity index is 4.03. The summed E-state index contributed by atoms with van der Waals surface area (Å²) in [7, 11) is -4.75. The van der Waals surface area contributed by atoms with Gasteiger partial charge in [-0.3, -0.25) is 14.1 Å². The zero-order valence-corrected chi connectivity index (χ0v) is 30.6. The highest BCUT2D eigenvalue weighted by Crippen LogP contribution is 2.36. The van der Waals surface area contributed by atoms with Gasteiger partial charge >= 0.3 is 19.8 Å². The highest BCUT2D eigenvalue weighted by atomic mass is 31.2. The van der Waals surface area contributed by atoms with Gasteiger partial charge in [-0.05, 0) is 57.8 Å². The molecule has 9 heteroatoms. The fourth-order valence-corrected chi connectivity index (χ4v) is 5.19. The molecule has 8 nitrogen and oxygen atoms in total. The maximum Gasteiger partial charge on any atom is 0.469 e. The molecule has 0 heterocycles. The molecule has 0 radical (unpaired) electrons. The second-order valence-corrected chi connectivity index (χ2v) is 13.4. The number of unbranched alkanes of at least 4 members (excludes halogenated alkanes) is 15. The lowest BCUT2D eigenvalue weighted by atomic mass is 10.1. The lowest BCUT2D eigenvalue weighted by Gasteiger charge is -2.18. The van der Waals surface area contributed by atoms with Crippen LogP contribution in [0.3, 0.4) is 0 Å². The molecule has 0 rings (SSSR count). The number of rotatable bonds is 33. The number of phosphoric acid groups is 1. The molecule has 0 amide bonds. The summed E-state index contributed by atoms with van der Waals surface area (Å²) in [4.78, 5) is 42.6. The van der Waals surface area contributed by atoms with E-state index >= 15 is 0 Å². The van der Waals surface area contributed by atoms with Gasteiger partial charge in [0.15, 0.2) is 6.10 Å². The van der Waals surface area contributed by atoms with Crippen molar-refractivity contribution in [3.63, 3.8) is 0 Å². The van der Waals surface area contributed by atoms with Crippen molar-refractivity contribution in [2.24, 2.45) is 0 Å². The molecule has 0 spiro atoms. The Morgan fingerprint density at radius 1 is 0.553 bits per heavy atom. The number of carbonyl (C=O) groups excluding carboxylic acids is 2. The third-order valence-electron chi connectivity index (χ3n) is 7.60. The van der Waals surface area contributed by atoms with E-state index in [1.54, 1.807) is 0 Å². The third-order valence-corrected chi connectivity index (χ3v) is 8.09. The van der Waals surface area contributed by atoms with Crippen LogP contribution in [0.4, 0.5) is 0 Å². The number of ether oxygens (including phenoxy) is 2. The Kier molecular flexibility index (Phi) is 32.5. The first-order valence-electron chi connectivity index (χ1n) is 18.4. The second kappa shape index (κ2) is 33.9. The highest BCUT2D eigenvalue weighted by Gasteiger charge is 2.22. The molecule has 272 valence electrons. The molecule has 47 heavy (non-hydrogen) atoms. The van der Waals surface area contributed by atoms with Crippen LogP contribution in [0.25, 0.3) is 0 Å². The monoisotopic (exact) mass is 682 g/mol. The summed E-state index contributed by atoms with van der Waals surface area (Å²) < 4.78 is 26.2. The van der Waals surface area contributed by atoms with E-state index in [0.29, 0.717) is 12.8 Å². The molecule has 0 bridgehead atoms. The molecule has 0 saturated carbocycles. The minimum atomic E-state index is -4.75. The molecule has 0 fully saturated rings. The van der Waals surface area contributed by atoms with Gasteiger partial charge in [-0.1, -0.05) is 140 Å². The van der Waals surface area contributed by atoms with Gasteiger partial charge in [0, 0.05) is 12.8 Å². The number of hydrogen-bond donors (Lipinski definition) is 2. The normalized spacial score (nSPS) is 13.0. The van der Waals surface area contributed by atoms with Gasteiger partial charge in [-0.15, -0.1) is 0 Å². The average molecular weight is 683 g/mol. The average Bonchev–Trinajstić information content (AvgIpc) is 3.04. The maximum absolute atomic E-state index is 12.3. The van der Waals surface area contributed by atoms with Crippen molar-refractivity contribution < 1.29 is 37.9 Å². The van der Waals surface area contributed by atoms with E-state index in [-0.39, 0.29) is 19.4 Å². The van der Waals surface area contributed by atoms with Crippen LogP contribution >= 0.6 is 7.82 Å². The van der Waals surface area contributed by atoms with Crippen molar-refractivity contribution in [3.05, 3.63) is 48.6 Å². The van der Waals surface area contributed by atoms with Gasteiger partial charge in [0.2, 0.25) is 0 Å². The van der Waals surface area contributed by atoms with Crippen molar-refractivity contribution in [2.45, 2.75) is 168 Å². The van der Waals surface area contributed by atoms with E-state index in [2.05, 4.69) is 67.0 Å². The van der Waals surface area contributed by atoms with Crippen LogP contribution in [0.5, 0.6) is 0 Å². The van der Waals surface area contributed by atoms with E-state index < -0.39 is 32.5 Å². The third kappa shape index (κ3) is 36.7. The Labute approximate surface area is 286 Å². The topological polar surface area (TPSA) is 119 Å². The molecule has 0 aliphatic rings. The Morgan fingerprint density at radius 2 is 0.957 bits per heavy atom. The van der Waals surface area contributed by atoms with Crippen LogP contribution in [0, 0.1) is 0 Å². The Morgan fingerprint density at radius 3 is 1.47 bits per heavy atom. The van der Waals surface area contributed by atoms with Gasteiger partial charge < -0.3 is 19.3 Å². The van der Waals surface area contributed by atoms with Crippen molar-refractivity contribution in [1.82, 2.24) is 0 Å². The molecular formula is C38H67O8P. The van der Waals surface area contributed by atoms with Crippen molar-refractivity contribution in [1.29, 1.82) is 0 Å². The van der Waals surface area contributed by atoms with Crippen molar-refractivity contribution in [2.75, 3.05) is 13.2 Å². The van der Waals surface area contributed by atoms with Crippen LogP contribution in [0.1, 0.15) is 162 Å². The molecule has 0 aliphatic carbocycles. The molecule has 2 N–H and O–H groups in total. The largest absolute Gasteiger partial charge is 0.469 e. The van der Waals surface area contributed by atoms with Crippen LogP contribution in [0.2, 0.25) is 0 Å². The van der Waals surface area contributed by atoms with Gasteiger partial charge in [0.05, 0.1) is 6.61 Å². The van der Waals surface area contributed by atoms with Gasteiger partial charge in [-0.25, -0.2) is 4.57 Å². The fourth-order valence-electron chi connectivity index (χ4n) is 4.83. The van der Waals surface area contributed by atoms with Gasteiger partial charge in [0.1, 0.15) is 6.61 Å². The molecule has 0 saturated heterocycles. The first kappa shape index (κ1) is 45.0. The van der Waals surface area contributed by atoms with Crippen LogP contribution < -0.4 is 0 Å². The highest BCUT2D eigenvalue weighted by molar-refractivity contribution is 7.46. The molecule has 0 aromatic heterocycles. The number of carbonyl (C=O) groups is 2. The lowest BCUT2D eigenvalue weighted by molar-refractivity contribution is -0.161. The molecule has 0 unspecified atom stereocenters. The summed E-state index contributed by atoms with van der Waals surface area (Å²) in [5.74, 6) is -0.925. The zero-order valence-electron chi connectivity index (χ0n) is 29.7. The second-order valence-electron chi connectivity index (χ2n) is 12.2. The van der Waals surface area contributed by atoms with Gasteiger partial charge in [0.25, 0.3) is 0 Å². The van der Waals surface area contributed by atoms with E-state index in [1.807, 2.05) is 0 Å². The standard InChI is InChI=1S/C38H67O8P/c1-3-5-7-9-11-13-15-16-17-18-19-20-21-22-23-25-26-28-30-32-37(39)44-34-36(35-45-47(41,42)43)46-38(40)33-31-29-27-24-14-12-10-8-6-4-2/h11,13,16-17,19-20,22-23,36H,3-10,12,14-15,18,21,24-35H2,1-2H3,(H2,41,42,43)/b13-11+,17-16+,20-19+,23-22+/t36-/m1/s1. The van der Waals surface area contributed by atoms with Crippen molar-refractivity contribution >= 4 is 19.8 Å². The van der Waals surface area contributed by atoms with Crippen LogP contribution in [-0.4, -0.2) is 41.0 Å².